The standard InChI is InChI=1S/C19H25FN4O/c1-14-10-21-19(22-11-14)23(2)16-5-4-8-24(13-16)12-15-6-7-18(25-3)17(20)9-15/h6-7,9-11,16H,4-5,8,12-13H2,1-3H3. The van der Waals surface area contributed by atoms with Gasteiger partial charge in [0, 0.05) is 38.6 Å². The van der Waals surface area contributed by atoms with E-state index in [4.69, 9.17) is 4.74 Å². The van der Waals surface area contributed by atoms with Crippen LogP contribution in [-0.2, 0) is 6.54 Å². The molecule has 1 aliphatic rings. The zero-order chi connectivity index (χ0) is 17.8. The van der Waals surface area contributed by atoms with Gasteiger partial charge in [-0.3, -0.25) is 4.90 Å². The normalized spacial score (nSPS) is 18.2. The highest BCUT2D eigenvalue weighted by molar-refractivity contribution is 5.31. The third-order valence-corrected chi connectivity index (χ3v) is 4.73. The summed E-state index contributed by atoms with van der Waals surface area (Å²) in [5.41, 5.74) is 2.03. The van der Waals surface area contributed by atoms with E-state index in [1.54, 1.807) is 12.1 Å². The van der Waals surface area contributed by atoms with Gasteiger partial charge in [-0.05, 0) is 49.6 Å². The lowest BCUT2D eigenvalue weighted by Gasteiger charge is -2.37. The number of likely N-dealkylation sites (tertiary alicyclic amines) is 1. The van der Waals surface area contributed by atoms with Crippen LogP contribution < -0.4 is 9.64 Å². The second-order valence-corrected chi connectivity index (χ2v) is 6.67. The Bertz CT molecular complexity index is 707. The van der Waals surface area contributed by atoms with E-state index in [1.165, 1.54) is 7.11 Å². The van der Waals surface area contributed by atoms with E-state index in [0.29, 0.717) is 6.04 Å². The first-order chi connectivity index (χ1) is 12.1. The molecule has 0 amide bonds. The van der Waals surface area contributed by atoms with Crippen LogP contribution in [0.4, 0.5) is 10.3 Å². The van der Waals surface area contributed by atoms with Gasteiger partial charge in [0.15, 0.2) is 11.6 Å². The SMILES string of the molecule is COc1ccc(CN2CCCC(N(C)c3ncc(C)cn3)C2)cc1F. The summed E-state index contributed by atoms with van der Waals surface area (Å²) < 4.78 is 18.9. The number of rotatable bonds is 5. The van der Waals surface area contributed by atoms with Crippen molar-refractivity contribution in [3.05, 3.63) is 47.5 Å². The van der Waals surface area contributed by atoms with Gasteiger partial charge in [-0.15, -0.1) is 0 Å². The molecule has 0 bridgehead atoms. The van der Waals surface area contributed by atoms with Gasteiger partial charge in [0.25, 0.3) is 0 Å². The molecule has 0 radical (unpaired) electrons. The molecule has 5 nitrogen and oxygen atoms in total. The van der Waals surface area contributed by atoms with Crippen LogP contribution in [0.15, 0.2) is 30.6 Å². The van der Waals surface area contributed by atoms with Gasteiger partial charge in [0.05, 0.1) is 7.11 Å². The van der Waals surface area contributed by atoms with Crippen molar-refractivity contribution < 1.29 is 9.13 Å². The van der Waals surface area contributed by atoms with Crippen molar-refractivity contribution >= 4 is 5.95 Å². The molecule has 1 atom stereocenters. The van der Waals surface area contributed by atoms with E-state index in [2.05, 4.69) is 19.8 Å². The lowest BCUT2D eigenvalue weighted by atomic mass is 10.0. The van der Waals surface area contributed by atoms with Crippen LogP contribution in [-0.4, -0.2) is 48.2 Å². The average molecular weight is 344 g/mol. The predicted octanol–water partition coefficient (Wildman–Crippen LogP) is 3.03. The zero-order valence-electron chi connectivity index (χ0n) is 15.1. The number of aromatic nitrogens is 2. The highest BCUT2D eigenvalue weighted by atomic mass is 19.1. The monoisotopic (exact) mass is 344 g/mol. The van der Waals surface area contributed by atoms with Crippen LogP contribution in [0.3, 0.4) is 0 Å². The van der Waals surface area contributed by atoms with Crippen molar-refractivity contribution in [3.63, 3.8) is 0 Å². The van der Waals surface area contributed by atoms with Crippen LogP contribution in [0.5, 0.6) is 5.75 Å². The largest absolute Gasteiger partial charge is 0.494 e. The van der Waals surface area contributed by atoms with E-state index < -0.39 is 0 Å². The van der Waals surface area contributed by atoms with Gasteiger partial charge >= 0.3 is 0 Å². The molecule has 6 heteroatoms. The first-order valence-corrected chi connectivity index (χ1v) is 8.63. The van der Waals surface area contributed by atoms with Crippen LogP contribution in [0.25, 0.3) is 0 Å². The first kappa shape index (κ1) is 17.6. The summed E-state index contributed by atoms with van der Waals surface area (Å²) in [5, 5.41) is 0. The molecule has 0 spiro atoms. The fourth-order valence-corrected chi connectivity index (χ4v) is 3.29. The van der Waals surface area contributed by atoms with E-state index in [0.717, 1.165) is 49.6 Å². The molecule has 2 heterocycles. The Balaban J connectivity index is 1.64. The van der Waals surface area contributed by atoms with Crippen molar-refractivity contribution in [2.75, 3.05) is 32.1 Å². The second kappa shape index (κ2) is 7.78. The maximum absolute atomic E-state index is 13.9. The number of methoxy groups -OCH3 is 1. The molecule has 134 valence electrons. The van der Waals surface area contributed by atoms with Crippen LogP contribution in [0, 0.1) is 12.7 Å². The molecule has 0 N–H and O–H groups in total. The number of piperidine rings is 1. The van der Waals surface area contributed by atoms with E-state index in [1.807, 2.05) is 32.4 Å². The Morgan fingerprint density at radius 1 is 1.32 bits per heavy atom. The van der Waals surface area contributed by atoms with Crippen molar-refractivity contribution in [1.82, 2.24) is 14.9 Å². The third kappa shape index (κ3) is 4.25. The van der Waals surface area contributed by atoms with Crippen molar-refractivity contribution in [1.29, 1.82) is 0 Å². The second-order valence-electron chi connectivity index (χ2n) is 6.67. The molecular formula is C19H25FN4O. The number of hydrogen-bond acceptors (Lipinski definition) is 5. The topological polar surface area (TPSA) is 41.5 Å². The number of nitrogens with zero attached hydrogens (tertiary/aromatic N) is 4. The van der Waals surface area contributed by atoms with Crippen LogP contribution >= 0.6 is 0 Å². The van der Waals surface area contributed by atoms with Gasteiger partial charge in [0.2, 0.25) is 5.95 Å². The fraction of sp³-hybridized carbons (Fsp3) is 0.474. The summed E-state index contributed by atoms with van der Waals surface area (Å²) in [6.45, 7) is 4.66. The smallest absolute Gasteiger partial charge is 0.225 e. The van der Waals surface area contributed by atoms with Crippen LogP contribution in [0.1, 0.15) is 24.0 Å². The lowest BCUT2D eigenvalue weighted by Crippen LogP contribution is -2.46. The summed E-state index contributed by atoms with van der Waals surface area (Å²) in [6.07, 6.45) is 5.92. The summed E-state index contributed by atoms with van der Waals surface area (Å²) >= 11 is 0. The number of hydrogen-bond donors (Lipinski definition) is 0. The molecule has 2 aromatic rings. The lowest BCUT2D eigenvalue weighted by molar-refractivity contribution is 0.198. The zero-order valence-corrected chi connectivity index (χ0v) is 15.1. The van der Waals surface area contributed by atoms with Crippen molar-refractivity contribution in [2.45, 2.75) is 32.4 Å². The summed E-state index contributed by atoms with van der Waals surface area (Å²) in [6, 6.07) is 5.55. The Kier molecular flexibility index (Phi) is 5.48. The number of aryl methyl sites for hydroxylation is 1. The number of likely N-dealkylation sites (N-methyl/N-ethyl adjacent to an activating group) is 1. The van der Waals surface area contributed by atoms with Crippen molar-refractivity contribution in [2.24, 2.45) is 0 Å². The first-order valence-electron chi connectivity index (χ1n) is 8.63. The van der Waals surface area contributed by atoms with E-state index in [9.17, 15) is 4.39 Å². The quantitative estimate of drug-likeness (QED) is 0.834. The molecule has 3 rings (SSSR count). The predicted molar refractivity (Wildman–Crippen MR) is 96.4 cm³/mol. The van der Waals surface area contributed by atoms with Crippen molar-refractivity contribution in [3.8, 4) is 5.75 Å². The maximum Gasteiger partial charge on any atom is 0.225 e. The highest BCUT2D eigenvalue weighted by Crippen LogP contribution is 2.22. The minimum Gasteiger partial charge on any atom is -0.494 e. The molecule has 1 aliphatic heterocycles. The number of ether oxygens (including phenoxy) is 1. The van der Waals surface area contributed by atoms with E-state index in [-0.39, 0.29) is 11.6 Å². The molecule has 0 aliphatic carbocycles. The molecule has 25 heavy (non-hydrogen) atoms. The molecule has 1 aromatic carbocycles. The Morgan fingerprint density at radius 2 is 2.08 bits per heavy atom. The Labute approximate surface area is 148 Å². The molecule has 1 saturated heterocycles. The number of halogens is 1. The molecule has 1 unspecified atom stereocenters. The Morgan fingerprint density at radius 3 is 2.76 bits per heavy atom. The molecule has 1 fully saturated rings. The summed E-state index contributed by atoms with van der Waals surface area (Å²) in [4.78, 5) is 13.4. The minimum absolute atomic E-state index is 0.288. The van der Waals surface area contributed by atoms with Gasteiger partial charge in [-0.25, -0.2) is 14.4 Å². The van der Waals surface area contributed by atoms with E-state index >= 15 is 0 Å². The molecule has 1 aromatic heterocycles. The summed E-state index contributed by atoms with van der Waals surface area (Å²) in [7, 11) is 3.53. The molecular weight excluding hydrogens is 319 g/mol. The van der Waals surface area contributed by atoms with Crippen LogP contribution in [0.2, 0.25) is 0 Å². The fourth-order valence-electron chi connectivity index (χ4n) is 3.29. The summed E-state index contributed by atoms with van der Waals surface area (Å²) in [5.74, 6) is 0.739. The van der Waals surface area contributed by atoms with Gasteiger partial charge in [0.1, 0.15) is 0 Å². The van der Waals surface area contributed by atoms with Gasteiger partial charge in [-0.1, -0.05) is 6.07 Å². The molecule has 0 saturated carbocycles. The maximum atomic E-state index is 13.9. The minimum atomic E-state index is -0.307. The van der Waals surface area contributed by atoms with Gasteiger partial charge in [-0.2, -0.15) is 0 Å². The number of benzene rings is 1. The third-order valence-electron chi connectivity index (χ3n) is 4.73. The highest BCUT2D eigenvalue weighted by Gasteiger charge is 2.24. The Hall–Kier alpha value is -2.21. The number of anilines is 1. The van der Waals surface area contributed by atoms with Gasteiger partial charge < -0.3 is 9.64 Å². The average Bonchev–Trinajstić information content (AvgIpc) is 2.62.